The summed E-state index contributed by atoms with van der Waals surface area (Å²) in [6.07, 6.45) is 4.37. The van der Waals surface area contributed by atoms with Gasteiger partial charge in [-0.2, -0.15) is 0 Å². The third-order valence-corrected chi connectivity index (χ3v) is 3.47. The lowest BCUT2D eigenvalue weighted by atomic mass is 10.2. The largest absolute Gasteiger partial charge is 0.383 e. The maximum absolute atomic E-state index is 5.28. The molecule has 1 aliphatic rings. The SMILES string of the molecule is COC[C@@H]1CCCN1Cc1ccnc(C(C)C)n1. The van der Waals surface area contributed by atoms with Gasteiger partial charge in [-0.05, 0) is 25.5 Å². The van der Waals surface area contributed by atoms with Crippen LogP contribution in [0.3, 0.4) is 0 Å². The van der Waals surface area contributed by atoms with Gasteiger partial charge < -0.3 is 4.74 Å². The average Bonchev–Trinajstić information content (AvgIpc) is 2.77. The molecule has 18 heavy (non-hydrogen) atoms. The first kappa shape index (κ1) is 13.4. The van der Waals surface area contributed by atoms with Gasteiger partial charge in [0, 0.05) is 31.8 Å². The number of methoxy groups -OCH3 is 1. The lowest BCUT2D eigenvalue weighted by Crippen LogP contribution is -2.32. The molecule has 0 saturated carbocycles. The monoisotopic (exact) mass is 249 g/mol. The molecule has 0 unspecified atom stereocenters. The van der Waals surface area contributed by atoms with Gasteiger partial charge >= 0.3 is 0 Å². The highest BCUT2D eigenvalue weighted by Gasteiger charge is 2.24. The standard InChI is InChI=1S/C14H23N3O/c1-11(2)14-15-7-6-12(16-14)9-17-8-4-5-13(17)10-18-3/h6-7,11,13H,4-5,8-10H2,1-3H3/t13-/m0/s1. The molecular formula is C14H23N3O. The van der Waals surface area contributed by atoms with Crippen molar-refractivity contribution in [1.29, 1.82) is 0 Å². The van der Waals surface area contributed by atoms with Crippen LogP contribution in [0.5, 0.6) is 0 Å². The van der Waals surface area contributed by atoms with E-state index in [-0.39, 0.29) is 0 Å². The number of ether oxygens (including phenoxy) is 1. The van der Waals surface area contributed by atoms with Crippen molar-refractivity contribution in [3.63, 3.8) is 0 Å². The number of nitrogens with zero attached hydrogens (tertiary/aromatic N) is 3. The summed E-state index contributed by atoms with van der Waals surface area (Å²) in [4.78, 5) is 11.4. The first-order chi connectivity index (χ1) is 8.70. The van der Waals surface area contributed by atoms with Crippen LogP contribution in [0.25, 0.3) is 0 Å². The molecular weight excluding hydrogens is 226 g/mol. The fraction of sp³-hybridized carbons (Fsp3) is 0.714. The van der Waals surface area contributed by atoms with E-state index in [1.54, 1.807) is 7.11 Å². The normalized spacial score (nSPS) is 20.8. The Morgan fingerprint density at radius 3 is 3.06 bits per heavy atom. The van der Waals surface area contributed by atoms with Crippen LogP contribution in [-0.4, -0.2) is 41.2 Å². The van der Waals surface area contributed by atoms with Gasteiger partial charge in [0.05, 0.1) is 12.3 Å². The quantitative estimate of drug-likeness (QED) is 0.802. The molecule has 0 bridgehead atoms. The molecule has 1 fully saturated rings. The van der Waals surface area contributed by atoms with Crippen LogP contribution in [0.4, 0.5) is 0 Å². The summed E-state index contributed by atoms with van der Waals surface area (Å²) in [7, 11) is 1.78. The van der Waals surface area contributed by atoms with E-state index in [4.69, 9.17) is 4.74 Å². The van der Waals surface area contributed by atoms with Gasteiger partial charge in [-0.1, -0.05) is 13.8 Å². The molecule has 2 rings (SSSR count). The summed E-state index contributed by atoms with van der Waals surface area (Å²) < 4.78 is 5.28. The zero-order valence-electron chi connectivity index (χ0n) is 11.6. The van der Waals surface area contributed by atoms with Gasteiger partial charge in [0.25, 0.3) is 0 Å². The Labute approximate surface area is 109 Å². The first-order valence-corrected chi connectivity index (χ1v) is 6.75. The van der Waals surface area contributed by atoms with E-state index in [1.165, 1.54) is 12.8 Å². The van der Waals surface area contributed by atoms with E-state index in [0.717, 1.165) is 31.2 Å². The summed E-state index contributed by atoms with van der Waals surface area (Å²) >= 11 is 0. The molecule has 1 aromatic heterocycles. The maximum Gasteiger partial charge on any atom is 0.131 e. The van der Waals surface area contributed by atoms with Crippen molar-refractivity contribution < 1.29 is 4.74 Å². The summed E-state index contributed by atoms with van der Waals surface area (Å²) in [5.41, 5.74) is 1.12. The summed E-state index contributed by atoms with van der Waals surface area (Å²) in [6, 6.07) is 2.57. The van der Waals surface area contributed by atoms with Crippen LogP contribution in [0.15, 0.2) is 12.3 Å². The highest BCUT2D eigenvalue weighted by atomic mass is 16.5. The Bertz CT molecular complexity index is 381. The van der Waals surface area contributed by atoms with Crippen molar-refractivity contribution in [2.45, 2.75) is 45.2 Å². The average molecular weight is 249 g/mol. The van der Waals surface area contributed by atoms with Crippen molar-refractivity contribution in [2.24, 2.45) is 0 Å². The second kappa shape index (κ2) is 6.25. The van der Waals surface area contributed by atoms with Gasteiger partial charge in [-0.15, -0.1) is 0 Å². The van der Waals surface area contributed by atoms with Crippen molar-refractivity contribution in [1.82, 2.24) is 14.9 Å². The molecule has 0 aromatic carbocycles. The minimum absolute atomic E-state index is 0.387. The lowest BCUT2D eigenvalue weighted by Gasteiger charge is -2.23. The molecule has 1 aliphatic heterocycles. The summed E-state index contributed by atoms with van der Waals surface area (Å²) in [5, 5.41) is 0. The van der Waals surface area contributed by atoms with Crippen LogP contribution in [0, 0.1) is 0 Å². The molecule has 4 nitrogen and oxygen atoms in total. The minimum Gasteiger partial charge on any atom is -0.383 e. The first-order valence-electron chi connectivity index (χ1n) is 6.75. The van der Waals surface area contributed by atoms with Crippen LogP contribution in [0.1, 0.15) is 44.1 Å². The highest BCUT2D eigenvalue weighted by Crippen LogP contribution is 2.20. The lowest BCUT2D eigenvalue weighted by molar-refractivity contribution is 0.111. The van der Waals surface area contributed by atoms with Crippen molar-refractivity contribution in [3.8, 4) is 0 Å². The Morgan fingerprint density at radius 2 is 2.33 bits per heavy atom. The third-order valence-electron chi connectivity index (χ3n) is 3.47. The van der Waals surface area contributed by atoms with Crippen LogP contribution in [-0.2, 0) is 11.3 Å². The fourth-order valence-electron chi connectivity index (χ4n) is 2.47. The van der Waals surface area contributed by atoms with Gasteiger partial charge in [0.1, 0.15) is 5.82 Å². The zero-order chi connectivity index (χ0) is 13.0. The van der Waals surface area contributed by atoms with Crippen LogP contribution < -0.4 is 0 Å². The van der Waals surface area contributed by atoms with Crippen LogP contribution in [0.2, 0.25) is 0 Å². The van der Waals surface area contributed by atoms with Gasteiger partial charge in [0.15, 0.2) is 0 Å². The molecule has 1 atom stereocenters. The van der Waals surface area contributed by atoms with E-state index in [2.05, 4.69) is 28.7 Å². The molecule has 1 saturated heterocycles. The van der Waals surface area contributed by atoms with E-state index < -0.39 is 0 Å². The second-order valence-corrected chi connectivity index (χ2v) is 5.28. The molecule has 0 radical (unpaired) electrons. The number of aromatic nitrogens is 2. The van der Waals surface area contributed by atoms with Crippen LogP contribution >= 0.6 is 0 Å². The second-order valence-electron chi connectivity index (χ2n) is 5.28. The fourth-order valence-corrected chi connectivity index (χ4v) is 2.47. The van der Waals surface area contributed by atoms with Crippen molar-refractivity contribution in [2.75, 3.05) is 20.3 Å². The van der Waals surface area contributed by atoms with Gasteiger partial charge in [-0.25, -0.2) is 9.97 Å². The molecule has 0 N–H and O–H groups in total. The Morgan fingerprint density at radius 1 is 1.50 bits per heavy atom. The zero-order valence-corrected chi connectivity index (χ0v) is 11.6. The van der Waals surface area contributed by atoms with E-state index >= 15 is 0 Å². The molecule has 0 aliphatic carbocycles. The van der Waals surface area contributed by atoms with Crippen molar-refractivity contribution >= 4 is 0 Å². The molecule has 4 heteroatoms. The molecule has 2 heterocycles. The van der Waals surface area contributed by atoms with E-state index in [9.17, 15) is 0 Å². The smallest absolute Gasteiger partial charge is 0.131 e. The van der Waals surface area contributed by atoms with Crippen molar-refractivity contribution in [3.05, 3.63) is 23.8 Å². The summed E-state index contributed by atoms with van der Waals surface area (Å²) in [6.45, 7) is 7.14. The maximum atomic E-state index is 5.28. The molecule has 0 amide bonds. The topological polar surface area (TPSA) is 38.2 Å². The van der Waals surface area contributed by atoms with Gasteiger partial charge in [-0.3, -0.25) is 4.90 Å². The predicted molar refractivity (Wildman–Crippen MR) is 71.4 cm³/mol. The molecule has 100 valence electrons. The Kier molecular flexibility index (Phi) is 4.66. The predicted octanol–water partition coefficient (Wildman–Crippen LogP) is 2.21. The number of hydrogen-bond acceptors (Lipinski definition) is 4. The molecule has 1 aromatic rings. The number of rotatable bonds is 5. The number of likely N-dealkylation sites (tertiary alicyclic amines) is 1. The Hall–Kier alpha value is -1.00. The third kappa shape index (κ3) is 3.27. The van der Waals surface area contributed by atoms with E-state index in [1.807, 2.05) is 12.3 Å². The minimum atomic E-state index is 0.387. The summed E-state index contributed by atoms with van der Waals surface area (Å²) in [5.74, 6) is 1.33. The van der Waals surface area contributed by atoms with E-state index in [0.29, 0.717) is 12.0 Å². The highest BCUT2D eigenvalue weighted by molar-refractivity contribution is 5.05. The molecule has 0 spiro atoms. The Balaban J connectivity index is 2.02. The van der Waals surface area contributed by atoms with Gasteiger partial charge in [0.2, 0.25) is 0 Å². The number of hydrogen-bond donors (Lipinski definition) is 0.